The Morgan fingerprint density at radius 1 is 0.970 bits per heavy atom. The van der Waals surface area contributed by atoms with Crippen molar-refractivity contribution < 1.29 is 22.6 Å². The molecule has 0 saturated carbocycles. The standard InChI is InChI=1S/C24H23F3N4O2/c1-16-22-20(8-11-31(22)18-6-9-28-10-7-18)21(29-23(16)30-12-14-32-15-13-30)17-2-4-19(5-3-17)33-24(25,26)27/h2-7,9-10H,8,11-15H2,1H3. The van der Waals surface area contributed by atoms with Crippen molar-refractivity contribution >= 4 is 17.2 Å². The lowest BCUT2D eigenvalue weighted by molar-refractivity contribution is -0.274. The zero-order valence-electron chi connectivity index (χ0n) is 18.1. The van der Waals surface area contributed by atoms with E-state index in [0.29, 0.717) is 13.2 Å². The fourth-order valence-corrected chi connectivity index (χ4v) is 4.56. The van der Waals surface area contributed by atoms with Crippen LogP contribution in [0.5, 0.6) is 5.75 Å². The van der Waals surface area contributed by atoms with Crippen molar-refractivity contribution in [2.45, 2.75) is 19.7 Å². The number of ether oxygens (including phenoxy) is 2. The van der Waals surface area contributed by atoms with Crippen LogP contribution in [0, 0.1) is 6.92 Å². The number of rotatable bonds is 4. The molecule has 0 radical (unpaired) electrons. The first kappa shape index (κ1) is 21.5. The molecule has 1 aromatic carbocycles. The molecular weight excluding hydrogens is 433 g/mol. The summed E-state index contributed by atoms with van der Waals surface area (Å²) < 4.78 is 47.3. The van der Waals surface area contributed by atoms with Gasteiger partial charge in [-0.3, -0.25) is 4.98 Å². The lowest BCUT2D eigenvalue weighted by atomic mass is 10.0. The quantitative estimate of drug-likeness (QED) is 0.558. The van der Waals surface area contributed by atoms with Gasteiger partial charge in [-0.25, -0.2) is 4.98 Å². The van der Waals surface area contributed by atoms with Gasteiger partial charge in [-0.1, -0.05) is 0 Å². The highest BCUT2D eigenvalue weighted by molar-refractivity contribution is 5.84. The second kappa shape index (κ2) is 8.55. The molecule has 0 N–H and O–H groups in total. The first-order valence-corrected chi connectivity index (χ1v) is 10.8. The summed E-state index contributed by atoms with van der Waals surface area (Å²) in [6, 6.07) is 9.90. The van der Waals surface area contributed by atoms with Crippen molar-refractivity contribution in [1.29, 1.82) is 0 Å². The minimum atomic E-state index is -4.72. The minimum Gasteiger partial charge on any atom is -0.406 e. The maximum Gasteiger partial charge on any atom is 0.573 e. The molecule has 1 fully saturated rings. The summed E-state index contributed by atoms with van der Waals surface area (Å²) in [5.74, 6) is 0.630. The highest BCUT2D eigenvalue weighted by Crippen LogP contribution is 2.44. The second-order valence-electron chi connectivity index (χ2n) is 8.01. The van der Waals surface area contributed by atoms with E-state index < -0.39 is 6.36 Å². The lowest BCUT2D eigenvalue weighted by Gasteiger charge is -2.31. The third kappa shape index (κ3) is 4.32. The van der Waals surface area contributed by atoms with Gasteiger partial charge < -0.3 is 19.3 Å². The number of anilines is 3. The SMILES string of the molecule is Cc1c(N2CCOCC2)nc(-c2ccc(OC(F)(F)F)cc2)c2c1N(c1ccncc1)CC2. The molecule has 6 nitrogen and oxygen atoms in total. The van der Waals surface area contributed by atoms with E-state index in [1.807, 2.05) is 12.1 Å². The van der Waals surface area contributed by atoms with E-state index in [1.165, 1.54) is 12.1 Å². The van der Waals surface area contributed by atoms with E-state index in [-0.39, 0.29) is 5.75 Å². The summed E-state index contributed by atoms with van der Waals surface area (Å²) in [6.07, 6.45) is -0.398. The zero-order chi connectivity index (χ0) is 23.0. The third-order valence-corrected chi connectivity index (χ3v) is 5.98. The van der Waals surface area contributed by atoms with E-state index in [9.17, 15) is 13.2 Å². The Morgan fingerprint density at radius 2 is 1.67 bits per heavy atom. The van der Waals surface area contributed by atoms with Gasteiger partial charge in [0, 0.05) is 54.4 Å². The van der Waals surface area contributed by atoms with Gasteiger partial charge in [-0.15, -0.1) is 13.2 Å². The molecule has 0 aliphatic carbocycles. The molecular formula is C24H23F3N4O2. The number of halogens is 3. The van der Waals surface area contributed by atoms with Gasteiger partial charge in [0.05, 0.1) is 24.6 Å². The molecule has 0 unspecified atom stereocenters. The topological polar surface area (TPSA) is 50.7 Å². The van der Waals surface area contributed by atoms with Crippen LogP contribution in [-0.2, 0) is 11.2 Å². The Bertz CT molecular complexity index is 1130. The molecule has 9 heteroatoms. The zero-order valence-corrected chi connectivity index (χ0v) is 18.1. The van der Waals surface area contributed by atoms with Crippen molar-refractivity contribution in [1.82, 2.24) is 9.97 Å². The van der Waals surface area contributed by atoms with Gasteiger partial charge in [-0.05, 0) is 49.7 Å². The third-order valence-electron chi connectivity index (χ3n) is 5.98. The summed E-state index contributed by atoms with van der Waals surface area (Å²) in [5.41, 5.74) is 5.86. The van der Waals surface area contributed by atoms with Crippen molar-refractivity contribution in [3.8, 4) is 17.0 Å². The Kier molecular flexibility index (Phi) is 5.57. The van der Waals surface area contributed by atoms with E-state index in [0.717, 1.165) is 65.6 Å². The van der Waals surface area contributed by atoms with Gasteiger partial charge in [-0.2, -0.15) is 0 Å². The van der Waals surface area contributed by atoms with Crippen molar-refractivity contribution in [2.75, 3.05) is 42.6 Å². The molecule has 0 atom stereocenters. The number of fused-ring (bicyclic) bond motifs is 1. The van der Waals surface area contributed by atoms with Crippen LogP contribution in [0.4, 0.5) is 30.4 Å². The maximum atomic E-state index is 12.6. The summed E-state index contributed by atoms with van der Waals surface area (Å²) in [6.45, 7) is 5.60. The summed E-state index contributed by atoms with van der Waals surface area (Å²) in [7, 11) is 0. The molecule has 33 heavy (non-hydrogen) atoms. The van der Waals surface area contributed by atoms with Crippen molar-refractivity contribution in [3.63, 3.8) is 0 Å². The first-order chi connectivity index (χ1) is 15.9. The number of morpholine rings is 1. The Balaban J connectivity index is 1.61. The van der Waals surface area contributed by atoms with Gasteiger partial charge in [0.15, 0.2) is 0 Å². The van der Waals surface area contributed by atoms with Crippen LogP contribution in [0.2, 0.25) is 0 Å². The average molecular weight is 456 g/mol. The van der Waals surface area contributed by atoms with Gasteiger partial charge in [0.25, 0.3) is 0 Å². The lowest BCUT2D eigenvalue weighted by Crippen LogP contribution is -2.37. The Labute approximate surface area is 189 Å². The van der Waals surface area contributed by atoms with E-state index in [1.54, 1.807) is 24.5 Å². The molecule has 172 valence electrons. The second-order valence-corrected chi connectivity index (χ2v) is 8.01. The van der Waals surface area contributed by atoms with Crippen LogP contribution in [0.25, 0.3) is 11.3 Å². The summed E-state index contributed by atoms with van der Waals surface area (Å²) >= 11 is 0. The highest BCUT2D eigenvalue weighted by Gasteiger charge is 2.32. The van der Waals surface area contributed by atoms with Crippen LogP contribution in [0.3, 0.4) is 0 Å². The molecule has 5 rings (SSSR count). The Hall–Kier alpha value is -3.33. The maximum absolute atomic E-state index is 12.6. The predicted molar refractivity (Wildman–Crippen MR) is 119 cm³/mol. The average Bonchev–Trinajstić information content (AvgIpc) is 3.26. The molecule has 4 heterocycles. The van der Waals surface area contributed by atoms with Crippen LogP contribution >= 0.6 is 0 Å². The van der Waals surface area contributed by atoms with Crippen LogP contribution < -0.4 is 14.5 Å². The van der Waals surface area contributed by atoms with Crippen LogP contribution in [-0.4, -0.2) is 49.2 Å². The minimum absolute atomic E-state index is 0.248. The van der Waals surface area contributed by atoms with Crippen molar-refractivity contribution in [3.05, 3.63) is 59.9 Å². The predicted octanol–water partition coefficient (Wildman–Crippen LogP) is 4.88. The molecule has 3 aromatic rings. The number of hydrogen-bond acceptors (Lipinski definition) is 6. The molecule has 2 aromatic heterocycles. The monoisotopic (exact) mass is 456 g/mol. The Morgan fingerprint density at radius 3 is 2.33 bits per heavy atom. The summed E-state index contributed by atoms with van der Waals surface area (Å²) in [4.78, 5) is 13.7. The molecule has 0 bridgehead atoms. The first-order valence-electron chi connectivity index (χ1n) is 10.8. The smallest absolute Gasteiger partial charge is 0.406 e. The van der Waals surface area contributed by atoms with E-state index >= 15 is 0 Å². The van der Waals surface area contributed by atoms with Crippen molar-refractivity contribution in [2.24, 2.45) is 0 Å². The molecule has 1 saturated heterocycles. The molecule has 2 aliphatic heterocycles. The fourth-order valence-electron chi connectivity index (χ4n) is 4.56. The molecule has 0 amide bonds. The van der Waals surface area contributed by atoms with Gasteiger partial charge in [0.2, 0.25) is 0 Å². The van der Waals surface area contributed by atoms with Crippen LogP contribution in [0.15, 0.2) is 48.8 Å². The van der Waals surface area contributed by atoms with Gasteiger partial charge >= 0.3 is 6.36 Å². The highest BCUT2D eigenvalue weighted by atomic mass is 19.4. The number of alkyl halides is 3. The largest absolute Gasteiger partial charge is 0.573 e. The number of nitrogens with zero attached hydrogens (tertiary/aromatic N) is 4. The normalized spacial score (nSPS) is 16.1. The number of aromatic nitrogens is 2. The number of pyridine rings is 2. The van der Waals surface area contributed by atoms with E-state index in [2.05, 4.69) is 26.4 Å². The molecule has 0 spiro atoms. The summed E-state index contributed by atoms with van der Waals surface area (Å²) in [5, 5.41) is 0. The number of benzene rings is 1. The van der Waals surface area contributed by atoms with E-state index in [4.69, 9.17) is 9.72 Å². The fraction of sp³-hybridized carbons (Fsp3) is 0.333. The van der Waals surface area contributed by atoms with Gasteiger partial charge in [0.1, 0.15) is 11.6 Å². The number of hydrogen-bond donors (Lipinski definition) is 0. The molecule has 2 aliphatic rings. The van der Waals surface area contributed by atoms with Crippen LogP contribution in [0.1, 0.15) is 11.1 Å².